The smallest absolute Gasteiger partial charge is 0.269 e. The molecule has 134 valence electrons. The highest BCUT2D eigenvalue weighted by Crippen LogP contribution is 2.29. The summed E-state index contributed by atoms with van der Waals surface area (Å²) in [7, 11) is 0. The molecule has 4 aromatic rings. The zero-order chi connectivity index (χ0) is 19.1. The van der Waals surface area contributed by atoms with Crippen LogP contribution in [0.3, 0.4) is 0 Å². The van der Waals surface area contributed by atoms with Gasteiger partial charge in [-0.15, -0.1) is 6.58 Å². The molecule has 0 radical (unpaired) electrons. The van der Waals surface area contributed by atoms with Crippen molar-refractivity contribution in [3.8, 4) is 11.4 Å². The van der Waals surface area contributed by atoms with Crippen molar-refractivity contribution < 1.29 is 4.42 Å². The number of nitrogens with zero attached hydrogens (tertiary/aromatic N) is 2. The fraction of sp³-hybridized carbons (Fsp3) is 0.0500. The molecule has 0 amide bonds. The lowest BCUT2D eigenvalue weighted by atomic mass is 10.1. The summed E-state index contributed by atoms with van der Waals surface area (Å²) in [6, 6.07) is 11.6. The number of fused-ring (bicyclic) bond motifs is 2. The molecule has 27 heavy (non-hydrogen) atoms. The molecule has 4 rings (SSSR count). The van der Waals surface area contributed by atoms with Gasteiger partial charge in [-0.25, -0.2) is 0 Å². The third-order valence-electron chi connectivity index (χ3n) is 4.19. The van der Waals surface area contributed by atoms with E-state index in [0.717, 1.165) is 0 Å². The molecule has 0 atom stereocenters. The van der Waals surface area contributed by atoms with Crippen molar-refractivity contribution in [3.63, 3.8) is 0 Å². The molecule has 0 N–H and O–H groups in total. The van der Waals surface area contributed by atoms with Crippen molar-refractivity contribution in [2.75, 3.05) is 0 Å². The quantitative estimate of drug-likeness (QED) is 0.371. The maximum absolute atomic E-state index is 13.1. The topological polar surface area (TPSA) is 65.1 Å². The number of rotatable bonds is 3. The molecule has 0 aliphatic carbocycles. The van der Waals surface area contributed by atoms with Gasteiger partial charge in [0.2, 0.25) is 11.1 Å². The van der Waals surface area contributed by atoms with Gasteiger partial charge in [0.15, 0.2) is 5.39 Å². The van der Waals surface area contributed by atoms with Crippen LogP contribution in [0.15, 0.2) is 69.1 Å². The van der Waals surface area contributed by atoms with Crippen LogP contribution in [0.2, 0.25) is 10.0 Å². The van der Waals surface area contributed by atoms with Crippen LogP contribution in [-0.4, -0.2) is 9.55 Å². The van der Waals surface area contributed by atoms with Crippen LogP contribution in [0.25, 0.3) is 33.5 Å². The van der Waals surface area contributed by atoms with E-state index in [1.807, 2.05) is 0 Å². The summed E-state index contributed by atoms with van der Waals surface area (Å²) in [6.45, 7) is 3.83. The predicted octanol–water partition coefficient (Wildman–Crippen LogP) is 4.66. The SMILES string of the molecule is C=CCn1c(-c2ccc(Cl)cc2Cl)nc2oc3ccccc3c(=O)c2c1=O. The fourth-order valence-corrected chi connectivity index (χ4v) is 3.45. The van der Waals surface area contributed by atoms with Crippen molar-refractivity contribution in [2.24, 2.45) is 0 Å². The maximum Gasteiger partial charge on any atom is 0.269 e. The van der Waals surface area contributed by atoms with E-state index < -0.39 is 11.0 Å². The van der Waals surface area contributed by atoms with Gasteiger partial charge >= 0.3 is 0 Å². The minimum absolute atomic E-state index is 0.0370. The first-order valence-corrected chi connectivity index (χ1v) is 8.79. The van der Waals surface area contributed by atoms with Gasteiger partial charge in [0.05, 0.1) is 10.4 Å². The van der Waals surface area contributed by atoms with Crippen molar-refractivity contribution in [2.45, 2.75) is 6.54 Å². The van der Waals surface area contributed by atoms with Crippen molar-refractivity contribution in [1.29, 1.82) is 0 Å². The normalized spacial score (nSPS) is 11.2. The molecule has 2 heterocycles. The third kappa shape index (κ3) is 2.85. The van der Waals surface area contributed by atoms with Gasteiger partial charge in [-0.2, -0.15) is 4.98 Å². The van der Waals surface area contributed by atoms with Crippen LogP contribution in [0.4, 0.5) is 0 Å². The second kappa shape index (κ2) is 6.68. The number of halogens is 2. The largest absolute Gasteiger partial charge is 0.437 e. The van der Waals surface area contributed by atoms with Gasteiger partial charge < -0.3 is 4.42 Å². The molecule has 0 aliphatic rings. The van der Waals surface area contributed by atoms with Crippen LogP contribution >= 0.6 is 23.2 Å². The lowest BCUT2D eigenvalue weighted by Gasteiger charge is -2.13. The molecule has 7 heteroatoms. The maximum atomic E-state index is 13.1. The monoisotopic (exact) mass is 398 g/mol. The highest BCUT2D eigenvalue weighted by Gasteiger charge is 2.19. The highest BCUT2D eigenvalue weighted by atomic mass is 35.5. The van der Waals surface area contributed by atoms with Crippen LogP contribution in [-0.2, 0) is 6.54 Å². The zero-order valence-corrected chi connectivity index (χ0v) is 15.4. The van der Waals surface area contributed by atoms with E-state index in [1.165, 1.54) is 4.57 Å². The van der Waals surface area contributed by atoms with Gasteiger partial charge in [0, 0.05) is 17.1 Å². The minimum atomic E-state index is -0.514. The molecule has 0 spiro atoms. The lowest BCUT2D eigenvalue weighted by Crippen LogP contribution is -2.27. The van der Waals surface area contributed by atoms with E-state index >= 15 is 0 Å². The Hall–Kier alpha value is -2.89. The second-order valence-corrected chi connectivity index (χ2v) is 6.72. The summed E-state index contributed by atoms with van der Waals surface area (Å²) >= 11 is 12.3. The van der Waals surface area contributed by atoms with Crippen molar-refractivity contribution in [1.82, 2.24) is 9.55 Å². The first-order valence-electron chi connectivity index (χ1n) is 8.04. The fourth-order valence-electron chi connectivity index (χ4n) is 2.96. The van der Waals surface area contributed by atoms with Gasteiger partial charge in [-0.3, -0.25) is 14.2 Å². The molecule has 0 saturated heterocycles. The van der Waals surface area contributed by atoms with E-state index in [9.17, 15) is 9.59 Å². The summed E-state index contributed by atoms with van der Waals surface area (Å²) in [5.74, 6) is 0.271. The summed E-state index contributed by atoms with van der Waals surface area (Å²) in [5, 5.41) is 1.00. The van der Waals surface area contributed by atoms with Crippen LogP contribution in [0.1, 0.15) is 0 Å². The van der Waals surface area contributed by atoms with E-state index in [2.05, 4.69) is 11.6 Å². The Labute approximate surface area is 163 Å². The number of hydrogen-bond acceptors (Lipinski definition) is 4. The summed E-state index contributed by atoms with van der Waals surface area (Å²) in [4.78, 5) is 30.4. The Morgan fingerprint density at radius 1 is 1.15 bits per heavy atom. The number of allylic oxidation sites excluding steroid dienone is 1. The number of aromatic nitrogens is 2. The van der Waals surface area contributed by atoms with Crippen LogP contribution in [0.5, 0.6) is 0 Å². The lowest BCUT2D eigenvalue weighted by molar-refractivity contribution is 0.636. The van der Waals surface area contributed by atoms with E-state index in [1.54, 1.807) is 48.5 Å². The molecule has 0 aliphatic heterocycles. The summed E-state index contributed by atoms with van der Waals surface area (Å²) in [5.41, 5.74) is -0.115. The molecule has 0 unspecified atom stereocenters. The Kier molecular flexibility index (Phi) is 4.34. The number of hydrogen-bond donors (Lipinski definition) is 0. The zero-order valence-electron chi connectivity index (χ0n) is 13.9. The van der Waals surface area contributed by atoms with E-state index in [-0.39, 0.29) is 23.5 Å². The van der Waals surface area contributed by atoms with Crippen LogP contribution < -0.4 is 11.0 Å². The van der Waals surface area contributed by atoms with Crippen LogP contribution in [0, 0.1) is 0 Å². The molecule has 0 fully saturated rings. The Morgan fingerprint density at radius 3 is 2.67 bits per heavy atom. The van der Waals surface area contributed by atoms with Crippen molar-refractivity contribution in [3.05, 3.63) is 85.7 Å². The van der Waals surface area contributed by atoms with Gasteiger partial charge in [0.25, 0.3) is 5.56 Å². The minimum Gasteiger partial charge on any atom is -0.437 e. The molecule has 2 aromatic carbocycles. The highest BCUT2D eigenvalue weighted by molar-refractivity contribution is 6.36. The molecule has 0 bridgehead atoms. The molecule has 0 saturated carbocycles. The summed E-state index contributed by atoms with van der Waals surface area (Å²) < 4.78 is 7.09. The second-order valence-electron chi connectivity index (χ2n) is 5.87. The predicted molar refractivity (Wildman–Crippen MR) is 108 cm³/mol. The number of para-hydroxylation sites is 1. The van der Waals surface area contributed by atoms with Gasteiger partial charge in [0.1, 0.15) is 11.4 Å². The summed E-state index contributed by atoms with van der Waals surface area (Å²) in [6.07, 6.45) is 1.55. The van der Waals surface area contributed by atoms with Gasteiger partial charge in [-0.05, 0) is 30.3 Å². The standard InChI is InChI=1S/C20H12Cl2N2O3/c1-2-9-24-18(12-8-7-11(21)10-14(12)22)23-19-16(20(24)26)17(25)13-5-3-4-6-15(13)27-19/h2-8,10H,1,9H2. The molecular formula is C20H12Cl2N2O3. The van der Waals surface area contributed by atoms with Gasteiger partial charge in [-0.1, -0.05) is 41.4 Å². The molecule has 5 nitrogen and oxygen atoms in total. The number of benzene rings is 2. The molecule has 2 aromatic heterocycles. The average molecular weight is 399 g/mol. The molecular weight excluding hydrogens is 387 g/mol. The van der Waals surface area contributed by atoms with Crippen molar-refractivity contribution >= 4 is 45.3 Å². The Balaban J connectivity index is 2.17. The average Bonchev–Trinajstić information content (AvgIpc) is 2.64. The first kappa shape index (κ1) is 17.5. The third-order valence-corrected chi connectivity index (χ3v) is 4.73. The van der Waals surface area contributed by atoms with E-state index in [4.69, 9.17) is 27.6 Å². The first-order chi connectivity index (χ1) is 13.0. The Bertz CT molecular complexity index is 1340. The van der Waals surface area contributed by atoms with E-state index in [0.29, 0.717) is 26.6 Å². The Morgan fingerprint density at radius 2 is 1.93 bits per heavy atom.